The second kappa shape index (κ2) is 6.07. The first-order chi connectivity index (χ1) is 8.74. The van der Waals surface area contributed by atoms with Crippen molar-refractivity contribution in [2.45, 2.75) is 17.9 Å². The molecule has 2 aromatic rings. The number of benzene rings is 1. The Morgan fingerprint density at radius 2 is 2.00 bits per heavy atom. The van der Waals surface area contributed by atoms with E-state index in [1.54, 1.807) is 11.8 Å². The van der Waals surface area contributed by atoms with Gasteiger partial charge in [0.05, 0.1) is 12.2 Å². The Balaban J connectivity index is 2.28. The van der Waals surface area contributed by atoms with Gasteiger partial charge in [0, 0.05) is 23.7 Å². The van der Waals surface area contributed by atoms with Crippen molar-refractivity contribution in [1.29, 1.82) is 0 Å². The molecule has 18 heavy (non-hydrogen) atoms. The van der Waals surface area contributed by atoms with E-state index in [0.29, 0.717) is 0 Å². The van der Waals surface area contributed by atoms with Crippen LogP contribution in [0.25, 0.3) is 0 Å². The number of thioether (sulfide) groups is 1. The van der Waals surface area contributed by atoms with Crippen molar-refractivity contribution < 1.29 is 0 Å². The molecule has 1 atom stereocenters. The molecule has 1 heterocycles. The number of aryl methyl sites for hydroxylation is 1. The van der Waals surface area contributed by atoms with E-state index in [2.05, 4.69) is 54.1 Å². The molecule has 1 unspecified atom stereocenters. The molecule has 0 aliphatic heterocycles. The first-order valence-electron chi connectivity index (χ1n) is 6.10. The summed E-state index contributed by atoms with van der Waals surface area (Å²) in [6, 6.07) is 8.93. The third-order valence-corrected chi connectivity index (χ3v) is 3.66. The average molecular weight is 261 g/mol. The topological polar surface area (TPSA) is 29.9 Å². The van der Waals surface area contributed by atoms with Crippen LogP contribution in [0.5, 0.6) is 0 Å². The molecule has 1 aromatic carbocycles. The predicted octanol–water partition coefficient (Wildman–Crippen LogP) is 2.84. The van der Waals surface area contributed by atoms with Gasteiger partial charge in [-0.05, 0) is 30.5 Å². The maximum atomic E-state index is 4.25. The first-order valence-corrected chi connectivity index (χ1v) is 7.33. The maximum Gasteiger partial charge on any atom is 0.0607 e. The van der Waals surface area contributed by atoms with E-state index < -0.39 is 0 Å². The van der Waals surface area contributed by atoms with Crippen molar-refractivity contribution in [1.82, 2.24) is 15.1 Å². The number of nitrogens with zero attached hydrogens (tertiary/aromatic N) is 2. The Hall–Kier alpha value is -1.26. The van der Waals surface area contributed by atoms with E-state index in [1.165, 1.54) is 16.0 Å². The Bertz CT molecular complexity index is 490. The third-order valence-electron chi connectivity index (χ3n) is 2.92. The molecule has 0 saturated carbocycles. The standard InChI is InChI=1S/C14H19N3S/c1-4-15-14(12-9-16-17(2)10-12)11-5-7-13(18-3)8-6-11/h5-10,14-15H,4H2,1-3H3. The minimum Gasteiger partial charge on any atom is -0.306 e. The molecule has 0 bridgehead atoms. The monoisotopic (exact) mass is 261 g/mol. The van der Waals surface area contributed by atoms with E-state index in [1.807, 2.05) is 17.9 Å². The minimum absolute atomic E-state index is 0.222. The molecule has 2 rings (SSSR count). The van der Waals surface area contributed by atoms with Gasteiger partial charge < -0.3 is 5.32 Å². The molecule has 1 N–H and O–H groups in total. The molecule has 0 radical (unpaired) electrons. The number of rotatable bonds is 5. The lowest BCUT2D eigenvalue weighted by Gasteiger charge is -2.17. The predicted molar refractivity (Wildman–Crippen MR) is 77.0 cm³/mol. The normalized spacial score (nSPS) is 12.6. The van der Waals surface area contributed by atoms with Gasteiger partial charge in [0.15, 0.2) is 0 Å². The number of hydrogen-bond acceptors (Lipinski definition) is 3. The molecule has 0 aliphatic carbocycles. The van der Waals surface area contributed by atoms with Crippen LogP contribution in [0.3, 0.4) is 0 Å². The maximum absolute atomic E-state index is 4.25. The van der Waals surface area contributed by atoms with Crippen molar-refractivity contribution in [3.63, 3.8) is 0 Å². The van der Waals surface area contributed by atoms with Gasteiger partial charge in [0.25, 0.3) is 0 Å². The van der Waals surface area contributed by atoms with Gasteiger partial charge in [-0.1, -0.05) is 19.1 Å². The highest BCUT2D eigenvalue weighted by Crippen LogP contribution is 2.24. The number of nitrogens with one attached hydrogen (secondary N) is 1. The van der Waals surface area contributed by atoms with Gasteiger partial charge in [-0.15, -0.1) is 11.8 Å². The van der Waals surface area contributed by atoms with Crippen molar-refractivity contribution in [3.05, 3.63) is 47.8 Å². The molecule has 0 saturated heterocycles. The fourth-order valence-corrected chi connectivity index (χ4v) is 2.43. The molecule has 96 valence electrons. The van der Waals surface area contributed by atoms with Crippen molar-refractivity contribution >= 4 is 11.8 Å². The highest BCUT2D eigenvalue weighted by molar-refractivity contribution is 7.98. The zero-order chi connectivity index (χ0) is 13.0. The smallest absolute Gasteiger partial charge is 0.0607 e. The van der Waals surface area contributed by atoms with Crippen LogP contribution in [-0.2, 0) is 7.05 Å². The molecular formula is C14H19N3S. The zero-order valence-corrected chi connectivity index (χ0v) is 11.9. The number of aromatic nitrogens is 2. The fraction of sp³-hybridized carbons (Fsp3) is 0.357. The Morgan fingerprint density at radius 3 is 2.50 bits per heavy atom. The Labute approximate surface area is 113 Å². The highest BCUT2D eigenvalue weighted by atomic mass is 32.2. The summed E-state index contributed by atoms with van der Waals surface area (Å²) in [4.78, 5) is 1.29. The van der Waals surface area contributed by atoms with E-state index in [0.717, 1.165) is 6.54 Å². The van der Waals surface area contributed by atoms with Crippen LogP contribution in [0.15, 0.2) is 41.6 Å². The SMILES string of the molecule is CCNC(c1ccc(SC)cc1)c1cnn(C)c1. The van der Waals surface area contributed by atoms with Crippen LogP contribution in [0.4, 0.5) is 0 Å². The summed E-state index contributed by atoms with van der Waals surface area (Å²) < 4.78 is 1.84. The molecule has 3 nitrogen and oxygen atoms in total. The summed E-state index contributed by atoms with van der Waals surface area (Å²) in [7, 11) is 1.95. The van der Waals surface area contributed by atoms with Gasteiger partial charge in [-0.3, -0.25) is 4.68 Å². The van der Waals surface area contributed by atoms with Crippen LogP contribution >= 0.6 is 11.8 Å². The largest absolute Gasteiger partial charge is 0.306 e. The molecule has 0 fully saturated rings. The van der Waals surface area contributed by atoms with Crippen LogP contribution in [0, 0.1) is 0 Å². The third kappa shape index (κ3) is 2.94. The van der Waals surface area contributed by atoms with Crippen molar-refractivity contribution in [3.8, 4) is 0 Å². The fourth-order valence-electron chi connectivity index (χ4n) is 2.02. The molecule has 0 aliphatic rings. The van der Waals surface area contributed by atoms with Gasteiger partial charge in [0.1, 0.15) is 0 Å². The molecular weight excluding hydrogens is 242 g/mol. The van der Waals surface area contributed by atoms with Gasteiger partial charge in [0.2, 0.25) is 0 Å². The van der Waals surface area contributed by atoms with Gasteiger partial charge in [-0.25, -0.2) is 0 Å². The Morgan fingerprint density at radius 1 is 1.28 bits per heavy atom. The first kappa shape index (κ1) is 13.2. The second-order valence-corrected chi connectivity index (χ2v) is 5.09. The lowest BCUT2D eigenvalue weighted by atomic mass is 10.0. The second-order valence-electron chi connectivity index (χ2n) is 4.21. The lowest BCUT2D eigenvalue weighted by molar-refractivity contribution is 0.629. The molecule has 1 aromatic heterocycles. The van der Waals surface area contributed by atoms with Crippen molar-refractivity contribution in [2.24, 2.45) is 7.05 Å². The summed E-state index contributed by atoms with van der Waals surface area (Å²) in [6.45, 7) is 3.06. The summed E-state index contributed by atoms with van der Waals surface area (Å²) in [5, 5.41) is 7.76. The van der Waals surface area contributed by atoms with Gasteiger partial charge in [-0.2, -0.15) is 5.10 Å². The van der Waals surface area contributed by atoms with E-state index in [-0.39, 0.29) is 6.04 Å². The lowest BCUT2D eigenvalue weighted by Crippen LogP contribution is -2.21. The summed E-state index contributed by atoms with van der Waals surface area (Å²) in [5.74, 6) is 0. The van der Waals surface area contributed by atoms with E-state index in [9.17, 15) is 0 Å². The molecule has 4 heteroatoms. The zero-order valence-electron chi connectivity index (χ0n) is 11.1. The Kier molecular flexibility index (Phi) is 4.44. The van der Waals surface area contributed by atoms with E-state index in [4.69, 9.17) is 0 Å². The highest BCUT2D eigenvalue weighted by Gasteiger charge is 2.14. The van der Waals surface area contributed by atoms with Crippen LogP contribution in [0.1, 0.15) is 24.1 Å². The molecule has 0 spiro atoms. The van der Waals surface area contributed by atoms with Crippen LogP contribution in [-0.4, -0.2) is 22.6 Å². The minimum atomic E-state index is 0.222. The molecule has 0 amide bonds. The van der Waals surface area contributed by atoms with Gasteiger partial charge >= 0.3 is 0 Å². The summed E-state index contributed by atoms with van der Waals surface area (Å²) in [5.41, 5.74) is 2.49. The number of hydrogen-bond donors (Lipinski definition) is 1. The summed E-state index contributed by atoms with van der Waals surface area (Å²) >= 11 is 1.77. The van der Waals surface area contributed by atoms with Crippen molar-refractivity contribution in [2.75, 3.05) is 12.8 Å². The van der Waals surface area contributed by atoms with E-state index >= 15 is 0 Å². The average Bonchev–Trinajstić information content (AvgIpc) is 2.82. The quantitative estimate of drug-likeness (QED) is 0.839. The van der Waals surface area contributed by atoms with Crippen LogP contribution < -0.4 is 5.32 Å². The van der Waals surface area contributed by atoms with Crippen LogP contribution in [0.2, 0.25) is 0 Å². The summed E-state index contributed by atoms with van der Waals surface area (Å²) in [6.07, 6.45) is 6.09.